The first kappa shape index (κ1) is 16.2. The van der Waals surface area contributed by atoms with Gasteiger partial charge in [-0.05, 0) is 38.4 Å². The van der Waals surface area contributed by atoms with E-state index in [-0.39, 0.29) is 5.78 Å². The van der Waals surface area contributed by atoms with Crippen LogP contribution in [-0.2, 0) is 0 Å². The molecule has 1 fully saturated rings. The number of Topliss-reactive ketones (excluding diaryl/α,β-unsaturated/α-hetero) is 1. The molecule has 0 saturated carbocycles. The van der Waals surface area contributed by atoms with Gasteiger partial charge in [0.2, 0.25) is 0 Å². The third kappa shape index (κ3) is 4.94. The number of aryl methyl sites for hydroxylation is 1. The number of ketones is 1. The molecule has 3 nitrogen and oxygen atoms in total. The van der Waals surface area contributed by atoms with Crippen molar-refractivity contribution in [1.82, 2.24) is 9.80 Å². The van der Waals surface area contributed by atoms with E-state index in [1.165, 1.54) is 26.1 Å². The third-order valence-electron chi connectivity index (χ3n) is 4.33. The molecule has 0 spiro atoms. The zero-order valence-electron chi connectivity index (χ0n) is 13.5. The van der Waals surface area contributed by atoms with Crippen molar-refractivity contribution in [2.75, 3.05) is 39.3 Å². The molecule has 0 amide bonds. The van der Waals surface area contributed by atoms with Crippen molar-refractivity contribution in [3.05, 3.63) is 35.4 Å². The van der Waals surface area contributed by atoms with E-state index in [2.05, 4.69) is 16.7 Å². The molecular formula is C18H28N2O. The van der Waals surface area contributed by atoms with Crippen LogP contribution in [0.3, 0.4) is 0 Å². The molecule has 1 heterocycles. The predicted molar refractivity (Wildman–Crippen MR) is 87.9 cm³/mol. The Morgan fingerprint density at radius 3 is 2.29 bits per heavy atom. The largest absolute Gasteiger partial charge is 0.301 e. The lowest BCUT2D eigenvalue weighted by Gasteiger charge is -2.34. The van der Waals surface area contributed by atoms with Gasteiger partial charge < -0.3 is 9.80 Å². The van der Waals surface area contributed by atoms with Gasteiger partial charge in [0, 0.05) is 38.2 Å². The summed E-state index contributed by atoms with van der Waals surface area (Å²) < 4.78 is 0. The first-order valence-corrected chi connectivity index (χ1v) is 8.24. The minimum atomic E-state index is 0.290. The van der Waals surface area contributed by atoms with Crippen LogP contribution in [0.15, 0.2) is 24.3 Å². The topological polar surface area (TPSA) is 23.6 Å². The number of rotatable bonds is 7. The highest BCUT2D eigenvalue weighted by Gasteiger charge is 2.16. The molecule has 1 aromatic rings. The van der Waals surface area contributed by atoms with Crippen LogP contribution in [0, 0.1) is 6.92 Å². The van der Waals surface area contributed by atoms with Crippen LogP contribution in [0.2, 0.25) is 0 Å². The number of piperazine rings is 1. The molecule has 1 aliphatic rings. The average Bonchev–Trinajstić information content (AvgIpc) is 2.49. The normalized spacial score (nSPS) is 17.0. The van der Waals surface area contributed by atoms with E-state index < -0.39 is 0 Å². The molecule has 3 heteroatoms. The van der Waals surface area contributed by atoms with E-state index in [0.717, 1.165) is 37.2 Å². The Labute approximate surface area is 128 Å². The Morgan fingerprint density at radius 2 is 1.67 bits per heavy atom. The molecule has 116 valence electrons. The fourth-order valence-electron chi connectivity index (χ4n) is 3.04. The highest BCUT2D eigenvalue weighted by Crippen LogP contribution is 2.12. The SMILES string of the molecule is CCCN1CCN(CCCC(=O)c2ccccc2C)CC1. The van der Waals surface area contributed by atoms with E-state index in [0.29, 0.717) is 6.42 Å². The van der Waals surface area contributed by atoms with Gasteiger partial charge in [-0.1, -0.05) is 31.2 Å². The van der Waals surface area contributed by atoms with E-state index in [1.54, 1.807) is 0 Å². The zero-order chi connectivity index (χ0) is 15.1. The van der Waals surface area contributed by atoms with Crippen molar-refractivity contribution in [2.24, 2.45) is 0 Å². The lowest BCUT2D eigenvalue weighted by molar-refractivity contribution is 0.0961. The Balaban J connectivity index is 1.68. The van der Waals surface area contributed by atoms with Crippen LogP contribution < -0.4 is 0 Å². The van der Waals surface area contributed by atoms with E-state index in [1.807, 2.05) is 31.2 Å². The molecule has 2 rings (SSSR count). The molecule has 0 aliphatic carbocycles. The van der Waals surface area contributed by atoms with Crippen LogP contribution in [0.25, 0.3) is 0 Å². The van der Waals surface area contributed by atoms with Crippen LogP contribution in [0.5, 0.6) is 0 Å². The smallest absolute Gasteiger partial charge is 0.163 e. The maximum Gasteiger partial charge on any atom is 0.163 e. The monoisotopic (exact) mass is 288 g/mol. The van der Waals surface area contributed by atoms with Gasteiger partial charge in [-0.3, -0.25) is 4.79 Å². The standard InChI is InChI=1S/C18H28N2O/c1-3-10-19-12-14-20(15-13-19)11-6-9-18(21)17-8-5-4-7-16(17)2/h4-5,7-8H,3,6,9-15H2,1-2H3. The summed E-state index contributed by atoms with van der Waals surface area (Å²) in [6.45, 7) is 11.2. The quantitative estimate of drug-likeness (QED) is 0.721. The molecule has 1 aromatic carbocycles. The fourth-order valence-corrected chi connectivity index (χ4v) is 3.04. The summed E-state index contributed by atoms with van der Waals surface area (Å²) in [6, 6.07) is 7.90. The van der Waals surface area contributed by atoms with E-state index in [9.17, 15) is 4.79 Å². The number of carbonyl (C=O) groups excluding carboxylic acids is 1. The van der Waals surface area contributed by atoms with Crippen molar-refractivity contribution in [1.29, 1.82) is 0 Å². The van der Waals surface area contributed by atoms with Gasteiger partial charge in [-0.25, -0.2) is 0 Å². The van der Waals surface area contributed by atoms with Gasteiger partial charge in [0.05, 0.1) is 0 Å². The van der Waals surface area contributed by atoms with Crippen molar-refractivity contribution in [3.8, 4) is 0 Å². The fraction of sp³-hybridized carbons (Fsp3) is 0.611. The average molecular weight is 288 g/mol. The minimum absolute atomic E-state index is 0.290. The Kier molecular flexibility index (Phi) is 6.40. The van der Waals surface area contributed by atoms with Crippen LogP contribution in [0.1, 0.15) is 42.1 Å². The summed E-state index contributed by atoms with van der Waals surface area (Å²) in [4.78, 5) is 17.3. The number of hydrogen-bond acceptors (Lipinski definition) is 3. The van der Waals surface area contributed by atoms with Crippen LogP contribution >= 0.6 is 0 Å². The lowest BCUT2D eigenvalue weighted by atomic mass is 10.0. The number of carbonyl (C=O) groups is 1. The lowest BCUT2D eigenvalue weighted by Crippen LogP contribution is -2.46. The van der Waals surface area contributed by atoms with Crippen LogP contribution in [0.4, 0.5) is 0 Å². The summed E-state index contributed by atoms with van der Waals surface area (Å²) >= 11 is 0. The summed E-state index contributed by atoms with van der Waals surface area (Å²) in [5.74, 6) is 0.290. The maximum atomic E-state index is 12.2. The predicted octanol–water partition coefficient (Wildman–Crippen LogP) is 2.99. The molecule has 0 radical (unpaired) electrons. The van der Waals surface area contributed by atoms with Gasteiger partial charge in [0.15, 0.2) is 5.78 Å². The van der Waals surface area contributed by atoms with Gasteiger partial charge in [-0.15, -0.1) is 0 Å². The summed E-state index contributed by atoms with van der Waals surface area (Å²) in [5, 5.41) is 0. The molecule has 1 saturated heterocycles. The Bertz CT molecular complexity index is 450. The van der Waals surface area contributed by atoms with Gasteiger partial charge >= 0.3 is 0 Å². The molecule has 0 N–H and O–H groups in total. The van der Waals surface area contributed by atoms with Crippen molar-refractivity contribution < 1.29 is 4.79 Å². The summed E-state index contributed by atoms with van der Waals surface area (Å²) in [5.41, 5.74) is 1.99. The van der Waals surface area contributed by atoms with Gasteiger partial charge in [0.1, 0.15) is 0 Å². The highest BCUT2D eigenvalue weighted by molar-refractivity contribution is 5.97. The first-order chi connectivity index (χ1) is 10.2. The van der Waals surface area contributed by atoms with Crippen LogP contribution in [-0.4, -0.2) is 54.9 Å². The maximum absolute atomic E-state index is 12.2. The van der Waals surface area contributed by atoms with Gasteiger partial charge in [-0.2, -0.15) is 0 Å². The second kappa shape index (κ2) is 8.30. The minimum Gasteiger partial charge on any atom is -0.301 e. The van der Waals surface area contributed by atoms with Crippen molar-refractivity contribution in [3.63, 3.8) is 0 Å². The molecular weight excluding hydrogens is 260 g/mol. The molecule has 0 bridgehead atoms. The Morgan fingerprint density at radius 1 is 1.05 bits per heavy atom. The number of hydrogen-bond donors (Lipinski definition) is 0. The molecule has 0 unspecified atom stereocenters. The highest BCUT2D eigenvalue weighted by atomic mass is 16.1. The summed E-state index contributed by atoms with van der Waals surface area (Å²) in [7, 11) is 0. The molecule has 0 atom stereocenters. The molecule has 0 aromatic heterocycles. The Hall–Kier alpha value is -1.19. The second-order valence-electron chi connectivity index (χ2n) is 6.02. The van der Waals surface area contributed by atoms with Crippen molar-refractivity contribution in [2.45, 2.75) is 33.1 Å². The van der Waals surface area contributed by atoms with E-state index in [4.69, 9.17) is 0 Å². The third-order valence-corrected chi connectivity index (χ3v) is 4.33. The number of benzene rings is 1. The summed E-state index contributed by atoms with van der Waals surface area (Å²) in [6.07, 6.45) is 2.88. The number of nitrogens with zero attached hydrogens (tertiary/aromatic N) is 2. The van der Waals surface area contributed by atoms with Crippen molar-refractivity contribution >= 4 is 5.78 Å². The molecule has 1 aliphatic heterocycles. The van der Waals surface area contributed by atoms with E-state index >= 15 is 0 Å². The van der Waals surface area contributed by atoms with Gasteiger partial charge in [0.25, 0.3) is 0 Å². The first-order valence-electron chi connectivity index (χ1n) is 8.24. The zero-order valence-corrected chi connectivity index (χ0v) is 13.5. The molecule has 21 heavy (non-hydrogen) atoms. The second-order valence-corrected chi connectivity index (χ2v) is 6.02.